The molecular formula is C14H14N4OS. The Labute approximate surface area is 120 Å². The van der Waals surface area contributed by atoms with E-state index in [0.717, 1.165) is 33.8 Å². The predicted molar refractivity (Wildman–Crippen MR) is 79.4 cm³/mol. The van der Waals surface area contributed by atoms with Crippen LogP contribution >= 0.6 is 11.3 Å². The third-order valence-corrected chi connectivity index (χ3v) is 3.95. The summed E-state index contributed by atoms with van der Waals surface area (Å²) in [7, 11) is 0. The van der Waals surface area contributed by atoms with Crippen molar-refractivity contribution in [3.05, 3.63) is 35.0 Å². The van der Waals surface area contributed by atoms with E-state index in [9.17, 15) is 0 Å². The molecule has 0 aromatic carbocycles. The molecule has 0 bridgehead atoms. The second-order valence-electron chi connectivity index (χ2n) is 4.45. The van der Waals surface area contributed by atoms with Crippen LogP contribution in [0.5, 0.6) is 0 Å². The van der Waals surface area contributed by atoms with E-state index in [1.54, 1.807) is 11.3 Å². The topological polar surface area (TPSA) is 77.8 Å². The van der Waals surface area contributed by atoms with Crippen molar-refractivity contribution in [2.75, 3.05) is 5.73 Å². The molecule has 0 radical (unpaired) electrons. The lowest BCUT2D eigenvalue weighted by Gasteiger charge is -2.05. The van der Waals surface area contributed by atoms with E-state index in [2.05, 4.69) is 15.4 Å². The second kappa shape index (κ2) is 5.05. The van der Waals surface area contributed by atoms with Crippen molar-refractivity contribution in [3.8, 4) is 21.8 Å². The highest BCUT2D eigenvalue weighted by atomic mass is 32.1. The fourth-order valence-electron chi connectivity index (χ4n) is 2.12. The van der Waals surface area contributed by atoms with Crippen LogP contribution in [0.4, 0.5) is 5.82 Å². The van der Waals surface area contributed by atoms with Gasteiger partial charge in [-0.25, -0.2) is 0 Å². The number of rotatable bonds is 3. The van der Waals surface area contributed by atoms with Gasteiger partial charge in [-0.05, 0) is 30.9 Å². The van der Waals surface area contributed by atoms with Crippen LogP contribution in [0.3, 0.4) is 0 Å². The van der Waals surface area contributed by atoms with Crippen LogP contribution in [-0.4, -0.2) is 15.4 Å². The fourth-order valence-corrected chi connectivity index (χ4v) is 2.89. The number of hydrogen-bond donors (Lipinski definition) is 1. The van der Waals surface area contributed by atoms with Crippen molar-refractivity contribution in [2.45, 2.75) is 20.3 Å². The molecule has 5 nitrogen and oxygen atoms in total. The zero-order chi connectivity index (χ0) is 14.1. The first-order valence-corrected chi connectivity index (χ1v) is 7.21. The molecule has 3 aromatic heterocycles. The Morgan fingerprint density at radius 3 is 2.90 bits per heavy atom. The van der Waals surface area contributed by atoms with E-state index in [0.29, 0.717) is 11.6 Å². The molecule has 0 saturated carbocycles. The maximum Gasteiger partial charge on any atom is 0.179 e. The molecule has 102 valence electrons. The normalized spacial score (nSPS) is 10.9. The summed E-state index contributed by atoms with van der Waals surface area (Å²) in [4.78, 5) is 1.04. The summed E-state index contributed by atoms with van der Waals surface area (Å²) >= 11 is 1.61. The SMILES string of the molecule is CCc1nnc(C)cc1-c1onc(N)c1-c1cccs1. The molecule has 0 aliphatic carbocycles. The average molecular weight is 286 g/mol. The lowest BCUT2D eigenvalue weighted by molar-refractivity contribution is 0.435. The van der Waals surface area contributed by atoms with Gasteiger partial charge in [-0.2, -0.15) is 10.2 Å². The van der Waals surface area contributed by atoms with E-state index >= 15 is 0 Å². The zero-order valence-corrected chi connectivity index (χ0v) is 12.1. The van der Waals surface area contributed by atoms with Gasteiger partial charge < -0.3 is 10.3 Å². The Morgan fingerprint density at radius 1 is 1.35 bits per heavy atom. The van der Waals surface area contributed by atoms with Gasteiger partial charge in [-0.1, -0.05) is 18.1 Å². The zero-order valence-electron chi connectivity index (χ0n) is 11.3. The van der Waals surface area contributed by atoms with Crippen LogP contribution in [0, 0.1) is 6.92 Å². The first kappa shape index (κ1) is 12.8. The maximum absolute atomic E-state index is 5.97. The standard InChI is InChI=1S/C14H14N4OS/c1-3-10-9(7-8(2)16-17-10)13-12(14(15)18-19-13)11-5-4-6-20-11/h4-7H,3H2,1-2H3,(H2,15,18). The van der Waals surface area contributed by atoms with Gasteiger partial charge in [0.1, 0.15) is 0 Å². The molecule has 3 heterocycles. The molecule has 2 N–H and O–H groups in total. The van der Waals surface area contributed by atoms with Gasteiger partial charge in [-0.3, -0.25) is 0 Å². The number of hydrogen-bond acceptors (Lipinski definition) is 6. The first-order chi connectivity index (χ1) is 9.70. The van der Waals surface area contributed by atoms with Gasteiger partial charge in [0.05, 0.1) is 17.0 Å². The number of aromatic nitrogens is 3. The van der Waals surface area contributed by atoms with Crippen LogP contribution in [0.25, 0.3) is 21.8 Å². The Hall–Kier alpha value is -2.21. The largest absolute Gasteiger partial charge is 0.380 e. The minimum atomic E-state index is 0.402. The van der Waals surface area contributed by atoms with Gasteiger partial charge in [-0.15, -0.1) is 11.3 Å². The summed E-state index contributed by atoms with van der Waals surface area (Å²) < 4.78 is 5.47. The summed E-state index contributed by atoms with van der Waals surface area (Å²) in [5.41, 5.74) is 9.43. The monoisotopic (exact) mass is 286 g/mol. The lowest BCUT2D eigenvalue weighted by Crippen LogP contribution is -1.97. The van der Waals surface area contributed by atoms with Crippen LogP contribution < -0.4 is 5.73 Å². The third kappa shape index (κ3) is 2.08. The molecule has 0 saturated heterocycles. The van der Waals surface area contributed by atoms with Gasteiger partial charge in [0.25, 0.3) is 0 Å². The molecule has 0 amide bonds. The van der Waals surface area contributed by atoms with E-state index in [1.165, 1.54) is 0 Å². The fraction of sp³-hybridized carbons (Fsp3) is 0.214. The van der Waals surface area contributed by atoms with Crippen molar-refractivity contribution < 1.29 is 4.52 Å². The Bertz CT molecular complexity index is 734. The molecule has 20 heavy (non-hydrogen) atoms. The Kier molecular flexibility index (Phi) is 3.23. The van der Waals surface area contributed by atoms with Crippen molar-refractivity contribution in [2.24, 2.45) is 0 Å². The van der Waals surface area contributed by atoms with Crippen LogP contribution in [0.1, 0.15) is 18.3 Å². The van der Waals surface area contributed by atoms with Crippen molar-refractivity contribution in [1.82, 2.24) is 15.4 Å². The van der Waals surface area contributed by atoms with Crippen LogP contribution in [0.15, 0.2) is 28.1 Å². The minimum absolute atomic E-state index is 0.402. The van der Waals surface area contributed by atoms with E-state index in [1.807, 2.05) is 37.4 Å². The number of nitrogens with two attached hydrogens (primary N) is 1. The minimum Gasteiger partial charge on any atom is -0.380 e. The second-order valence-corrected chi connectivity index (χ2v) is 5.40. The van der Waals surface area contributed by atoms with Crippen LogP contribution in [-0.2, 0) is 6.42 Å². The highest BCUT2D eigenvalue weighted by Gasteiger charge is 2.21. The molecule has 0 fully saturated rings. The molecule has 3 rings (SSSR count). The summed E-state index contributed by atoms with van der Waals surface area (Å²) in [6.07, 6.45) is 0.771. The number of aryl methyl sites for hydroxylation is 2. The maximum atomic E-state index is 5.97. The van der Waals surface area contributed by atoms with Crippen LogP contribution in [0.2, 0.25) is 0 Å². The van der Waals surface area contributed by atoms with E-state index in [4.69, 9.17) is 10.3 Å². The molecule has 0 unspecified atom stereocenters. The van der Waals surface area contributed by atoms with Gasteiger partial charge in [0, 0.05) is 10.4 Å². The molecule has 0 aliphatic heterocycles. The van der Waals surface area contributed by atoms with Crippen molar-refractivity contribution in [1.29, 1.82) is 0 Å². The highest BCUT2D eigenvalue weighted by molar-refractivity contribution is 7.13. The summed E-state index contributed by atoms with van der Waals surface area (Å²) in [6.45, 7) is 3.94. The first-order valence-electron chi connectivity index (χ1n) is 6.33. The third-order valence-electron chi connectivity index (χ3n) is 3.06. The summed E-state index contributed by atoms with van der Waals surface area (Å²) in [5.74, 6) is 1.07. The number of nitrogen functional groups attached to an aromatic ring is 1. The number of thiophene rings is 1. The average Bonchev–Trinajstić information content (AvgIpc) is 3.07. The molecule has 0 atom stereocenters. The van der Waals surface area contributed by atoms with Gasteiger partial charge >= 0.3 is 0 Å². The summed E-state index contributed by atoms with van der Waals surface area (Å²) in [5, 5.41) is 14.2. The highest BCUT2D eigenvalue weighted by Crippen LogP contribution is 2.39. The molecule has 0 spiro atoms. The number of anilines is 1. The molecule has 3 aromatic rings. The Balaban J connectivity index is 2.24. The Morgan fingerprint density at radius 2 is 2.20 bits per heavy atom. The van der Waals surface area contributed by atoms with E-state index < -0.39 is 0 Å². The smallest absolute Gasteiger partial charge is 0.179 e. The number of nitrogens with zero attached hydrogens (tertiary/aromatic N) is 3. The van der Waals surface area contributed by atoms with Crippen molar-refractivity contribution in [3.63, 3.8) is 0 Å². The summed E-state index contributed by atoms with van der Waals surface area (Å²) in [6, 6.07) is 5.94. The predicted octanol–water partition coefficient (Wildman–Crippen LogP) is 3.31. The molecular weight excluding hydrogens is 272 g/mol. The van der Waals surface area contributed by atoms with E-state index in [-0.39, 0.29) is 0 Å². The quantitative estimate of drug-likeness (QED) is 0.799. The van der Waals surface area contributed by atoms with Gasteiger partial charge in [0.15, 0.2) is 11.6 Å². The molecule has 6 heteroatoms. The van der Waals surface area contributed by atoms with Gasteiger partial charge in [0.2, 0.25) is 0 Å². The van der Waals surface area contributed by atoms with Crippen molar-refractivity contribution >= 4 is 17.2 Å². The lowest BCUT2D eigenvalue weighted by atomic mass is 10.0. The molecule has 0 aliphatic rings.